The van der Waals surface area contributed by atoms with Gasteiger partial charge in [0, 0.05) is 53.5 Å². The zero-order chi connectivity index (χ0) is 32.7. The molecule has 2 aromatic heterocycles. The van der Waals surface area contributed by atoms with Crippen molar-refractivity contribution in [3.63, 3.8) is 0 Å². The fourth-order valence-corrected chi connectivity index (χ4v) is 5.08. The van der Waals surface area contributed by atoms with Crippen molar-refractivity contribution in [2.45, 2.75) is 62.9 Å². The predicted molar refractivity (Wildman–Crippen MR) is 166 cm³/mol. The van der Waals surface area contributed by atoms with E-state index in [9.17, 15) is 34.2 Å². The standard InChI is InChI=1S/C31H37N7O7/c1-16(39)27(38-28(41)21(32)10-11-26(33)40)30(43)36-24(12-17-14-34-22-8-4-2-6-19(17)22)29(42)37-25(31(44)45)13-18-15-35-23-9-5-3-7-20(18)23/h2-9,14-16,21,24-25,27,34-35,39H,10-13,32H2,1H3,(H2,33,40)(H,36,43)(H,37,42)(H,38,41)(H,44,45). The summed E-state index contributed by atoms with van der Waals surface area (Å²) in [4.78, 5) is 69.3. The van der Waals surface area contributed by atoms with Gasteiger partial charge in [-0.2, -0.15) is 0 Å². The molecule has 4 amide bonds. The number of aromatic amines is 2. The SMILES string of the molecule is CC(O)C(NC(=O)C(N)CCC(N)=O)C(=O)NC(Cc1c[nH]c2ccccc12)C(=O)NC(Cc1c[nH]c2ccccc12)C(=O)O. The number of amides is 4. The van der Waals surface area contributed by atoms with Gasteiger partial charge < -0.3 is 47.6 Å². The van der Waals surface area contributed by atoms with Gasteiger partial charge in [0.2, 0.25) is 23.6 Å². The molecule has 4 aromatic rings. The lowest BCUT2D eigenvalue weighted by Gasteiger charge is -2.26. The number of nitrogens with one attached hydrogen (secondary N) is 5. The van der Waals surface area contributed by atoms with Crippen LogP contribution in [0.25, 0.3) is 21.8 Å². The largest absolute Gasteiger partial charge is 0.480 e. The van der Waals surface area contributed by atoms with E-state index in [1.165, 1.54) is 6.92 Å². The van der Waals surface area contributed by atoms with E-state index in [4.69, 9.17) is 11.5 Å². The van der Waals surface area contributed by atoms with E-state index in [1.807, 2.05) is 48.5 Å². The molecule has 11 N–H and O–H groups in total. The van der Waals surface area contributed by atoms with Crippen LogP contribution < -0.4 is 27.4 Å². The van der Waals surface area contributed by atoms with E-state index in [-0.39, 0.29) is 25.7 Å². The van der Waals surface area contributed by atoms with Crippen molar-refractivity contribution in [3.8, 4) is 0 Å². The van der Waals surface area contributed by atoms with E-state index >= 15 is 0 Å². The number of carbonyl (C=O) groups is 5. The Kier molecular flexibility index (Phi) is 10.5. The Bertz CT molecular complexity index is 1700. The average Bonchev–Trinajstić information content (AvgIpc) is 3.61. The van der Waals surface area contributed by atoms with Crippen LogP contribution in [0.3, 0.4) is 0 Å². The van der Waals surface area contributed by atoms with Crippen LogP contribution in [0.4, 0.5) is 0 Å². The lowest BCUT2D eigenvalue weighted by Crippen LogP contribution is -2.60. The monoisotopic (exact) mass is 619 g/mol. The summed E-state index contributed by atoms with van der Waals surface area (Å²) in [6, 6.07) is 9.34. The first-order valence-electron chi connectivity index (χ1n) is 14.4. The summed E-state index contributed by atoms with van der Waals surface area (Å²) < 4.78 is 0. The number of aliphatic carboxylic acids is 1. The highest BCUT2D eigenvalue weighted by Gasteiger charge is 2.33. The number of aromatic nitrogens is 2. The number of para-hydroxylation sites is 2. The predicted octanol–water partition coefficient (Wildman–Crippen LogP) is -0.0530. The Morgan fingerprint density at radius 1 is 0.778 bits per heavy atom. The first-order valence-corrected chi connectivity index (χ1v) is 14.4. The van der Waals surface area contributed by atoms with E-state index in [2.05, 4.69) is 25.9 Å². The van der Waals surface area contributed by atoms with Crippen molar-refractivity contribution >= 4 is 51.4 Å². The Labute approximate surface area is 257 Å². The summed E-state index contributed by atoms with van der Waals surface area (Å²) in [5, 5.41) is 29.4. The van der Waals surface area contributed by atoms with E-state index < -0.39 is 59.9 Å². The number of hydrogen-bond acceptors (Lipinski definition) is 7. The smallest absolute Gasteiger partial charge is 0.326 e. The second kappa shape index (κ2) is 14.5. The molecular weight excluding hydrogens is 582 g/mol. The van der Waals surface area contributed by atoms with Crippen LogP contribution in [0.2, 0.25) is 0 Å². The van der Waals surface area contributed by atoms with Crippen LogP contribution in [-0.4, -0.2) is 80.1 Å². The van der Waals surface area contributed by atoms with Gasteiger partial charge in [0.1, 0.15) is 18.1 Å². The number of aliphatic hydroxyl groups is 1. The third-order valence-electron chi connectivity index (χ3n) is 7.55. The number of carboxylic acids is 1. The number of carbonyl (C=O) groups excluding carboxylic acids is 4. The minimum absolute atomic E-state index is 0.0333. The molecule has 238 valence electrons. The van der Waals surface area contributed by atoms with Gasteiger partial charge in [-0.15, -0.1) is 0 Å². The Morgan fingerprint density at radius 2 is 1.29 bits per heavy atom. The fourth-order valence-electron chi connectivity index (χ4n) is 5.08. The molecule has 2 aromatic carbocycles. The van der Waals surface area contributed by atoms with Crippen LogP contribution in [0.15, 0.2) is 60.9 Å². The minimum atomic E-state index is -1.52. The van der Waals surface area contributed by atoms with Crippen molar-refractivity contribution in [3.05, 3.63) is 72.1 Å². The highest BCUT2D eigenvalue weighted by atomic mass is 16.4. The van der Waals surface area contributed by atoms with Gasteiger partial charge >= 0.3 is 5.97 Å². The van der Waals surface area contributed by atoms with Crippen molar-refractivity contribution in [1.29, 1.82) is 0 Å². The minimum Gasteiger partial charge on any atom is -0.480 e. The second-order valence-electron chi connectivity index (χ2n) is 10.9. The van der Waals surface area contributed by atoms with E-state index in [0.29, 0.717) is 11.1 Å². The molecule has 0 saturated carbocycles. The van der Waals surface area contributed by atoms with Crippen LogP contribution in [-0.2, 0) is 36.8 Å². The second-order valence-corrected chi connectivity index (χ2v) is 10.9. The molecule has 0 saturated heterocycles. The van der Waals surface area contributed by atoms with Gasteiger partial charge in [-0.05, 0) is 36.6 Å². The number of primary amides is 1. The molecule has 0 aliphatic rings. The van der Waals surface area contributed by atoms with Crippen molar-refractivity contribution in [2.75, 3.05) is 0 Å². The van der Waals surface area contributed by atoms with E-state index in [0.717, 1.165) is 21.8 Å². The maximum absolute atomic E-state index is 13.7. The lowest BCUT2D eigenvalue weighted by molar-refractivity contribution is -0.142. The Balaban J connectivity index is 1.56. The number of nitrogens with two attached hydrogens (primary N) is 2. The van der Waals surface area contributed by atoms with Crippen LogP contribution in [0, 0.1) is 0 Å². The van der Waals surface area contributed by atoms with Gasteiger partial charge in [-0.25, -0.2) is 4.79 Å². The number of carboxylic acid groups (broad SMARTS) is 1. The third kappa shape index (κ3) is 8.25. The zero-order valence-electron chi connectivity index (χ0n) is 24.6. The molecule has 4 rings (SSSR count). The summed E-state index contributed by atoms with van der Waals surface area (Å²) in [6.07, 6.45) is 1.66. The van der Waals surface area contributed by atoms with Gasteiger partial charge in [-0.3, -0.25) is 19.2 Å². The quantitative estimate of drug-likeness (QED) is 0.0871. The highest BCUT2D eigenvalue weighted by molar-refractivity contribution is 5.95. The van der Waals surface area contributed by atoms with Crippen LogP contribution in [0.5, 0.6) is 0 Å². The molecule has 2 heterocycles. The Hall–Kier alpha value is -5.21. The van der Waals surface area contributed by atoms with Gasteiger partial charge in [-0.1, -0.05) is 36.4 Å². The molecule has 14 nitrogen and oxygen atoms in total. The lowest BCUT2D eigenvalue weighted by atomic mass is 10.0. The number of hydrogen-bond donors (Lipinski definition) is 9. The van der Waals surface area contributed by atoms with Gasteiger partial charge in [0.05, 0.1) is 12.1 Å². The maximum Gasteiger partial charge on any atom is 0.326 e. The summed E-state index contributed by atoms with van der Waals surface area (Å²) in [5.74, 6) is -4.42. The topological polar surface area (TPSA) is 246 Å². The molecule has 0 radical (unpaired) electrons. The molecule has 14 heteroatoms. The Morgan fingerprint density at radius 3 is 1.80 bits per heavy atom. The van der Waals surface area contributed by atoms with Gasteiger partial charge in [0.25, 0.3) is 0 Å². The first kappa shape index (κ1) is 32.7. The summed E-state index contributed by atoms with van der Waals surface area (Å²) in [5.41, 5.74) is 13.9. The van der Waals surface area contributed by atoms with Crippen molar-refractivity contribution in [2.24, 2.45) is 11.5 Å². The molecular formula is C31H37N7O7. The molecule has 5 atom stereocenters. The molecule has 0 aliphatic heterocycles. The van der Waals surface area contributed by atoms with Crippen LogP contribution >= 0.6 is 0 Å². The summed E-state index contributed by atoms with van der Waals surface area (Å²) in [7, 11) is 0. The molecule has 0 bridgehead atoms. The molecule has 0 fully saturated rings. The first-order chi connectivity index (χ1) is 21.4. The molecule has 5 unspecified atom stereocenters. The maximum atomic E-state index is 13.7. The number of aliphatic hydroxyl groups excluding tert-OH is 1. The van der Waals surface area contributed by atoms with E-state index in [1.54, 1.807) is 12.4 Å². The fraction of sp³-hybridized carbons (Fsp3) is 0.323. The van der Waals surface area contributed by atoms with Crippen molar-refractivity contribution in [1.82, 2.24) is 25.9 Å². The van der Waals surface area contributed by atoms with Gasteiger partial charge in [0.15, 0.2) is 0 Å². The number of rotatable bonds is 15. The molecule has 0 aliphatic carbocycles. The highest BCUT2D eigenvalue weighted by Crippen LogP contribution is 2.21. The molecule has 45 heavy (non-hydrogen) atoms. The number of benzene rings is 2. The number of fused-ring (bicyclic) bond motifs is 2. The van der Waals surface area contributed by atoms with Crippen LogP contribution in [0.1, 0.15) is 30.9 Å². The van der Waals surface area contributed by atoms with Crippen molar-refractivity contribution < 1.29 is 34.2 Å². The normalized spacial score (nSPS) is 14.6. The summed E-state index contributed by atoms with van der Waals surface area (Å²) in [6.45, 7) is 1.27. The number of H-pyrrole nitrogens is 2. The molecule has 0 spiro atoms. The third-order valence-corrected chi connectivity index (χ3v) is 7.55. The average molecular weight is 620 g/mol. The summed E-state index contributed by atoms with van der Waals surface area (Å²) >= 11 is 0. The zero-order valence-corrected chi connectivity index (χ0v) is 24.6.